The van der Waals surface area contributed by atoms with Crippen LogP contribution in [0.15, 0.2) is 48.5 Å². The van der Waals surface area contributed by atoms with E-state index in [9.17, 15) is 19.2 Å². The number of anilines is 1. The molecule has 2 aromatic rings. The van der Waals surface area contributed by atoms with Crippen molar-refractivity contribution in [2.24, 2.45) is 5.92 Å². The smallest absolute Gasteiger partial charge is 0.311 e. The molecule has 1 atom stereocenters. The lowest BCUT2D eigenvalue weighted by molar-refractivity contribution is -0.151. The molecule has 10 heteroatoms. The van der Waals surface area contributed by atoms with Crippen molar-refractivity contribution in [2.45, 2.75) is 6.42 Å². The minimum atomic E-state index is -0.801. The molecule has 162 valence electrons. The quantitative estimate of drug-likeness (QED) is 0.630. The van der Waals surface area contributed by atoms with Crippen molar-refractivity contribution in [1.82, 2.24) is 10.4 Å². The average molecular weight is 446 g/mol. The Labute approximate surface area is 183 Å². The summed E-state index contributed by atoms with van der Waals surface area (Å²) < 4.78 is 10.2. The number of para-hydroxylation sites is 1. The Morgan fingerprint density at radius 1 is 1.16 bits per heavy atom. The van der Waals surface area contributed by atoms with Crippen molar-refractivity contribution < 1.29 is 28.7 Å². The Balaban J connectivity index is 1.50. The minimum absolute atomic E-state index is 0.0610. The molecule has 2 N–H and O–H groups in total. The van der Waals surface area contributed by atoms with Crippen LogP contribution in [0.1, 0.15) is 16.8 Å². The molecule has 0 saturated carbocycles. The first-order valence-corrected chi connectivity index (χ1v) is 9.71. The number of hydrogen-bond acceptors (Lipinski definition) is 6. The van der Waals surface area contributed by atoms with Gasteiger partial charge in [-0.2, -0.15) is 0 Å². The Bertz CT molecular complexity index is 1010. The Morgan fingerprint density at radius 3 is 2.68 bits per heavy atom. The molecule has 9 nitrogen and oxygen atoms in total. The highest BCUT2D eigenvalue weighted by Gasteiger charge is 2.37. The van der Waals surface area contributed by atoms with Gasteiger partial charge in [-0.05, 0) is 30.3 Å². The number of rotatable bonds is 7. The summed E-state index contributed by atoms with van der Waals surface area (Å²) in [6, 6.07) is 13.1. The van der Waals surface area contributed by atoms with E-state index < -0.39 is 36.2 Å². The number of esters is 1. The summed E-state index contributed by atoms with van der Waals surface area (Å²) in [5, 5.41) is 4.07. The van der Waals surface area contributed by atoms with Crippen LogP contribution in [0.4, 0.5) is 5.69 Å². The van der Waals surface area contributed by atoms with Crippen molar-refractivity contribution in [3.63, 3.8) is 0 Å². The summed E-state index contributed by atoms with van der Waals surface area (Å²) in [5.41, 5.74) is 3.19. The lowest BCUT2D eigenvalue weighted by atomic mass is 10.1. The number of methoxy groups -OCH3 is 1. The van der Waals surface area contributed by atoms with Crippen LogP contribution in [0, 0.1) is 5.92 Å². The van der Waals surface area contributed by atoms with Crippen molar-refractivity contribution in [3.8, 4) is 5.75 Å². The second kappa shape index (κ2) is 9.94. The third-order valence-corrected chi connectivity index (χ3v) is 4.74. The molecule has 1 heterocycles. The maximum Gasteiger partial charge on any atom is 0.311 e. The average Bonchev–Trinajstić information content (AvgIpc) is 3.12. The van der Waals surface area contributed by atoms with Gasteiger partial charge in [-0.25, -0.2) is 0 Å². The molecule has 0 bridgehead atoms. The van der Waals surface area contributed by atoms with Gasteiger partial charge in [-0.3, -0.25) is 29.6 Å². The molecule has 0 unspecified atom stereocenters. The molecular weight excluding hydrogens is 426 g/mol. The van der Waals surface area contributed by atoms with Gasteiger partial charge < -0.3 is 14.8 Å². The van der Waals surface area contributed by atoms with Crippen molar-refractivity contribution >= 4 is 41.0 Å². The standard InChI is InChI=1S/C21H20ClN3O6/c1-30-17-8-3-2-7-16(17)20(28)24-25-11-13(9-19(25)27)21(29)31-12-18(26)23-15-6-4-5-14(22)10-15/h2-8,10,13H,9,11-12H2,1H3,(H,23,26)(H,24,28)/t13-/m1/s1. The molecule has 0 aromatic heterocycles. The second-order valence-corrected chi connectivity index (χ2v) is 7.15. The highest BCUT2D eigenvalue weighted by molar-refractivity contribution is 6.30. The van der Waals surface area contributed by atoms with Crippen LogP contribution in [-0.4, -0.2) is 49.0 Å². The van der Waals surface area contributed by atoms with Gasteiger partial charge in [0.2, 0.25) is 5.91 Å². The summed E-state index contributed by atoms with van der Waals surface area (Å²) in [4.78, 5) is 48.9. The SMILES string of the molecule is COc1ccccc1C(=O)NN1C[C@H](C(=O)OCC(=O)Nc2cccc(Cl)c2)CC1=O. The summed E-state index contributed by atoms with van der Waals surface area (Å²) in [7, 11) is 1.43. The molecule has 2 aromatic carbocycles. The highest BCUT2D eigenvalue weighted by atomic mass is 35.5. The molecule has 3 amide bonds. The van der Waals surface area contributed by atoms with E-state index in [2.05, 4.69) is 10.7 Å². The second-order valence-electron chi connectivity index (χ2n) is 6.71. The van der Waals surface area contributed by atoms with Crippen LogP contribution in [-0.2, 0) is 19.1 Å². The molecule has 0 aliphatic carbocycles. The number of carbonyl (C=O) groups is 4. The van der Waals surface area contributed by atoms with Crippen LogP contribution in [0.3, 0.4) is 0 Å². The van der Waals surface area contributed by atoms with Gasteiger partial charge in [0, 0.05) is 17.1 Å². The molecule has 1 aliphatic heterocycles. The van der Waals surface area contributed by atoms with Crippen molar-refractivity contribution in [2.75, 3.05) is 25.6 Å². The number of hydrogen-bond donors (Lipinski definition) is 2. The molecule has 31 heavy (non-hydrogen) atoms. The fourth-order valence-corrected chi connectivity index (χ4v) is 3.20. The highest BCUT2D eigenvalue weighted by Crippen LogP contribution is 2.21. The fraction of sp³-hybridized carbons (Fsp3) is 0.238. The van der Waals surface area contributed by atoms with Crippen LogP contribution < -0.4 is 15.5 Å². The lowest BCUT2D eigenvalue weighted by Gasteiger charge is -2.18. The third kappa shape index (κ3) is 5.73. The summed E-state index contributed by atoms with van der Waals surface area (Å²) >= 11 is 5.85. The molecular formula is C21H20ClN3O6. The zero-order chi connectivity index (χ0) is 22.4. The van der Waals surface area contributed by atoms with Crippen LogP contribution >= 0.6 is 11.6 Å². The van der Waals surface area contributed by atoms with Crippen LogP contribution in [0.5, 0.6) is 5.75 Å². The number of hydrazine groups is 1. The maximum absolute atomic E-state index is 12.5. The summed E-state index contributed by atoms with van der Waals surface area (Å²) in [6.07, 6.45) is -0.138. The van der Waals surface area contributed by atoms with Gasteiger partial charge in [0.05, 0.1) is 25.1 Å². The van der Waals surface area contributed by atoms with Crippen molar-refractivity contribution in [3.05, 3.63) is 59.1 Å². The Kier molecular flexibility index (Phi) is 7.09. The first-order chi connectivity index (χ1) is 14.9. The molecule has 0 radical (unpaired) electrons. The molecule has 0 spiro atoms. The number of nitrogens with zero attached hydrogens (tertiary/aromatic N) is 1. The number of amides is 3. The predicted molar refractivity (Wildman–Crippen MR) is 111 cm³/mol. The van der Waals surface area contributed by atoms with Gasteiger partial charge in [-0.15, -0.1) is 0 Å². The predicted octanol–water partition coefficient (Wildman–Crippen LogP) is 2.02. The minimum Gasteiger partial charge on any atom is -0.496 e. The maximum atomic E-state index is 12.5. The van der Waals surface area contributed by atoms with E-state index in [0.29, 0.717) is 16.5 Å². The molecule has 1 fully saturated rings. The van der Waals surface area contributed by atoms with Gasteiger partial charge in [0.15, 0.2) is 6.61 Å². The van der Waals surface area contributed by atoms with E-state index >= 15 is 0 Å². The number of halogens is 1. The Morgan fingerprint density at radius 2 is 1.94 bits per heavy atom. The first-order valence-electron chi connectivity index (χ1n) is 9.34. The van der Waals surface area contributed by atoms with Crippen LogP contribution in [0.2, 0.25) is 5.02 Å². The number of carbonyl (C=O) groups excluding carboxylic acids is 4. The zero-order valence-electron chi connectivity index (χ0n) is 16.6. The van der Waals surface area contributed by atoms with Gasteiger partial charge in [-0.1, -0.05) is 29.8 Å². The van der Waals surface area contributed by atoms with Crippen LogP contribution in [0.25, 0.3) is 0 Å². The van der Waals surface area contributed by atoms with E-state index in [1.165, 1.54) is 7.11 Å². The van der Waals surface area contributed by atoms with E-state index in [1.54, 1.807) is 48.5 Å². The molecule has 1 aliphatic rings. The first kappa shape index (κ1) is 22.1. The molecule has 1 saturated heterocycles. The normalized spacial score (nSPS) is 15.4. The van der Waals surface area contributed by atoms with E-state index in [1.807, 2.05) is 0 Å². The number of nitrogens with one attached hydrogen (secondary N) is 2. The van der Waals surface area contributed by atoms with Gasteiger partial charge >= 0.3 is 5.97 Å². The fourth-order valence-electron chi connectivity index (χ4n) is 3.01. The van der Waals surface area contributed by atoms with Crippen molar-refractivity contribution in [1.29, 1.82) is 0 Å². The summed E-state index contributed by atoms with van der Waals surface area (Å²) in [5.74, 6) is -2.67. The summed E-state index contributed by atoms with van der Waals surface area (Å²) in [6.45, 7) is -0.571. The van der Waals surface area contributed by atoms with Gasteiger partial charge in [0.1, 0.15) is 5.75 Å². The molecule has 3 rings (SSSR count). The number of ether oxygens (including phenoxy) is 2. The van der Waals surface area contributed by atoms with E-state index in [0.717, 1.165) is 5.01 Å². The zero-order valence-corrected chi connectivity index (χ0v) is 17.3. The third-order valence-electron chi connectivity index (χ3n) is 4.50. The van der Waals surface area contributed by atoms with E-state index in [4.69, 9.17) is 21.1 Å². The van der Waals surface area contributed by atoms with E-state index in [-0.39, 0.29) is 18.5 Å². The Hall–Kier alpha value is -3.59. The number of benzene rings is 2. The monoisotopic (exact) mass is 445 g/mol. The lowest BCUT2D eigenvalue weighted by Crippen LogP contribution is -2.43. The largest absolute Gasteiger partial charge is 0.496 e. The topological polar surface area (TPSA) is 114 Å². The van der Waals surface area contributed by atoms with Gasteiger partial charge in [0.25, 0.3) is 11.8 Å².